The fourth-order valence-corrected chi connectivity index (χ4v) is 1.98. The van der Waals surface area contributed by atoms with Gasteiger partial charge >= 0.3 is 0 Å². The number of anilines is 1. The van der Waals surface area contributed by atoms with Gasteiger partial charge in [-0.1, -0.05) is 19.4 Å². The van der Waals surface area contributed by atoms with Crippen LogP contribution < -0.4 is 16.8 Å². The van der Waals surface area contributed by atoms with E-state index < -0.39 is 5.91 Å². The first-order chi connectivity index (χ1) is 9.01. The lowest BCUT2D eigenvalue weighted by atomic mass is 10.0. The quantitative estimate of drug-likeness (QED) is 0.723. The first kappa shape index (κ1) is 15.2. The second kappa shape index (κ2) is 6.89. The van der Waals surface area contributed by atoms with Crippen LogP contribution in [-0.2, 0) is 4.79 Å². The molecule has 0 spiro atoms. The van der Waals surface area contributed by atoms with E-state index in [1.807, 2.05) is 6.92 Å². The molecule has 0 fully saturated rings. The van der Waals surface area contributed by atoms with Crippen LogP contribution in [0.4, 0.5) is 5.69 Å². The Kier molecular flexibility index (Phi) is 5.51. The number of carbonyl (C=O) groups excluding carboxylic acids is 2. The van der Waals surface area contributed by atoms with Crippen LogP contribution in [0.25, 0.3) is 0 Å². The van der Waals surface area contributed by atoms with Crippen molar-refractivity contribution in [2.75, 3.05) is 11.9 Å². The molecule has 1 aromatic carbocycles. The average Bonchev–Trinajstić information content (AvgIpc) is 2.37. The van der Waals surface area contributed by atoms with Crippen molar-refractivity contribution in [2.24, 2.45) is 17.4 Å². The average molecular weight is 263 g/mol. The van der Waals surface area contributed by atoms with Crippen LogP contribution in [0.5, 0.6) is 0 Å². The molecule has 1 atom stereocenters. The number of amides is 2. The van der Waals surface area contributed by atoms with Gasteiger partial charge < -0.3 is 16.8 Å². The van der Waals surface area contributed by atoms with Gasteiger partial charge in [-0.3, -0.25) is 9.59 Å². The Morgan fingerprint density at radius 2 is 2.05 bits per heavy atom. The molecule has 5 nitrogen and oxygen atoms in total. The molecule has 0 saturated carbocycles. The van der Waals surface area contributed by atoms with Gasteiger partial charge in [-0.25, -0.2) is 0 Å². The zero-order valence-electron chi connectivity index (χ0n) is 11.4. The SMILES string of the molecule is CCCC(CN)C(=O)Nc1cccc(C(N)=O)c1C. The Labute approximate surface area is 113 Å². The van der Waals surface area contributed by atoms with Gasteiger partial charge in [0.1, 0.15) is 0 Å². The van der Waals surface area contributed by atoms with Crippen molar-refractivity contribution in [2.45, 2.75) is 26.7 Å². The van der Waals surface area contributed by atoms with E-state index in [4.69, 9.17) is 11.5 Å². The normalized spacial score (nSPS) is 11.9. The van der Waals surface area contributed by atoms with Crippen molar-refractivity contribution < 1.29 is 9.59 Å². The molecule has 1 unspecified atom stereocenters. The van der Waals surface area contributed by atoms with Gasteiger partial charge in [-0.15, -0.1) is 0 Å². The van der Waals surface area contributed by atoms with Crippen molar-refractivity contribution >= 4 is 17.5 Å². The number of hydrogen-bond donors (Lipinski definition) is 3. The second-order valence-electron chi connectivity index (χ2n) is 4.55. The molecule has 5 N–H and O–H groups in total. The van der Waals surface area contributed by atoms with Crippen molar-refractivity contribution in [3.63, 3.8) is 0 Å². The van der Waals surface area contributed by atoms with Gasteiger partial charge in [0.25, 0.3) is 0 Å². The minimum Gasteiger partial charge on any atom is -0.366 e. The van der Waals surface area contributed by atoms with E-state index in [1.165, 1.54) is 0 Å². The summed E-state index contributed by atoms with van der Waals surface area (Å²) < 4.78 is 0. The summed E-state index contributed by atoms with van der Waals surface area (Å²) in [6.45, 7) is 4.08. The minimum absolute atomic E-state index is 0.117. The lowest BCUT2D eigenvalue weighted by molar-refractivity contribution is -0.119. The lowest BCUT2D eigenvalue weighted by Crippen LogP contribution is -2.29. The number of benzene rings is 1. The van der Waals surface area contributed by atoms with E-state index in [1.54, 1.807) is 25.1 Å². The largest absolute Gasteiger partial charge is 0.366 e. The Morgan fingerprint density at radius 1 is 1.37 bits per heavy atom. The molecule has 0 aliphatic carbocycles. The van der Waals surface area contributed by atoms with E-state index in [2.05, 4.69) is 5.32 Å². The molecule has 0 aliphatic rings. The number of rotatable bonds is 6. The van der Waals surface area contributed by atoms with Crippen molar-refractivity contribution in [3.8, 4) is 0 Å². The standard InChI is InChI=1S/C14H21N3O2/c1-3-5-10(8-15)14(19)17-12-7-4-6-11(9(12)2)13(16)18/h4,6-7,10H,3,5,8,15H2,1-2H3,(H2,16,18)(H,17,19). The molecule has 5 heteroatoms. The summed E-state index contributed by atoms with van der Waals surface area (Å²) in [5.74, 6) is -0.826. The summed E-state index contributed by atoms with van der Waals surface area (Å²) in [5, 5.41) is 2.81. The number of carbonyl (C=O) groups is 2. The molecule has 1 aromatic rings. The van der Waals surface area contributed by atoms with E-state index >= 15 is 0 Å². The molecule has 0 heterocycles. The van der Waals surface area contributed by atoms with Crippen LogP contribution in [0.2, 0.25) is 0 Å². The number of nitrogens with two attached hydrogens (primary N) is 2. The van der Waals surface area contributed by atoms with Gasteiger partial charge in [-0.05, 0) is 31.0 Å². The van der Waals surface area contributed by atoms with Crippen LogP contribution >= 0.6 is 0 Å². The van der Waals surface area contributed by atoms with Gasteiger partial charge in [-0.2, -0.15) is 0 Å². The minimum atomic E-state index is -0.502. The monoisotopic (exact) mass is 263 g/mol. The molecular formula is C14H21N3O2. The van der Waals surface area contributed by atoms with Crippen LogP contribution in [0.3, 0.4) is 0 Å². The maximum absolute atomic E-state index is 12.1. The maximum Gasteiger partial charge on any atom is 0.249 e. The molecule has 0 saturated heterocycles. The third kappa shape index (κ3) is 3.79. The van der Waals surface area contributed by atoms with Crippen LogP contribution in [0.15, 0.2) is 18.2 Å². The third-order valence-electron chi connectivity index (χ3n) is 3.15. The zero-order chi connectivity index (χ0) is 14.4. The van der Waals surface area contributed by atoms with E-state index in [0.29, 0.717) is 23.4 Å². The summed E-state index contributed by atoms with van der Waals surface area (Å²) in [6.07, 6.45) is 1.65. The van der Waals surface area contributed by atoms with Crippen LogP contribution in [-0.4, -0.2) is 18.4 Å². The van der Waals surface area contributed by atoms with Gasteiger partial charge in [0, 0.05) is 17.8 Å². The molecule has 1 rings (SSSR count). The van der Waals surface area contributed by atoms with Gasteiger partial charge in [0.15, 0.2) is 0 Å². The topological polar surface area (TPSA) is 98.2 Å². The third-order valence-corrected chi connectivity index (χ3v) is 3.15. The molecule has 19 heavy (non-hydrogen) atoms. The van der Waals surface area contributed by atoms with E-state index in [-0.39, 0.29) is 11.8 Å². The lowest BCUT2D eigenvalue weighted by Gasteiger charge is -2.16. The highest BCUT2D eigenvalue weighted by Crippen LogP contribution is 2.20. The molecule has 104 valence electrons. The molecule has 0 radical (unpaired) electrons. The zero-order valence-corrected chi connectivity index (χ0v) is 11.4. The fraction of sp³-hybridized carbons (Fsp3) is 0.429. The highest BCUT2D eigenvalue weighted by Gasteiger charge is 2.17. The molecule has 0 bridgehead atoms. The summed E-state index contributed by atoms with van der Waals surface area (Å²) in [6, 6.07) is 5.08. The summed E-state index contributed by atoms with van der Waals surface area (Å²) in [5.41, 5.74) is 12.6. The van der Waals surface area contributed by atoms with Crippen LogP contribution in [0, 0.1) is 12.8 Å². The number of hydrogen-bond acceptors (Lipinski definition) is 3. The van der Waals surface area contributed by atoms with Crippen molar-refractivity contribution in [1.82, 2.24) is 0 Å². The fourth-order valence-electron chi connectivity index (χ4n) is 1.98. The predicted octanol–water partition coefficient (Wildman–Crippen LogP) is 1.41. The van der Waals surface area contributed by atoms with Crippen LogP contribution in [0.1, 0.15) is 35.7 Å². The first-order valence-electron chi connectivity index (χ1n) is 6.41. The highest BCUT2D eigenvalue weighted by molar-refractivity contribution is 5.99. The first-order valence-corrected chi connectivity index (χ1v) is 6.41. The highest BCUT2D eigenvalue weighted by atomic mass is 16.2. The smallest absolute Gasteiger partial charge is 0.249 e. The van der Waals surface area contributed by atoms with Gasteiger partial charge in [0.2, 0.25) is 11.8 Å². The Morgan fingerprint density at radius 3 is 2.58 bits per heavy atom. The molecule has 0 aromatic heterocycles. The summed E-state index contributed by atoms with van der Waals surface area (Å²) in [4.78, 5) is 23.3. The Hall–Kier alpha value is -1.88. The maximum atomic E-state index is 12.1. The molecule has 2 amide bonds. The summed E-state index contributed by atoms with van der Waals surface area (Å²) >= 11 is 0. The number of primary amides is 1. The Bertz CT molecular complexity index is 472. The van der Waals surface area contributed by atoms with Gasteiger partial charge in [0.05, 0.1) is 5.92 Å². The number of nitrogens with one attached hydrogen (secondary N) is 1. The predicted molar refractivity (Wildman–Crippen MR) is 75.8 cm³/mol. The van der Waals surface area contributed by atoms with E-state index in [9.17, 15) is 9.59 Å². The second-order valence-corrected chi connectivity index (χ2v) is 4.55. The molecular weight excluding hydrogens is 242 g/mol. The molecule has 0 aliphatic heterocycles. The Balaban J connectivity index is 2.90. The van der Waals surface area contributed by atoms with Crippen molar-refractivity contribution in [1.29, 1.82) is 0 Å². The van der Waals surface area contributed by atoms with E-state index in [0.717, 1.165) is 12.8 Å². The summed E-state index contributed by atoms with van der Waals surface area (Å²) in [7, 11) is 0. The van der Waals surface area contributed by atoms with Crippen molar-refractivity contribution in [3.05, 3.63) is 29.3 Å².